The fourth-order valence-corrected chi connectivity index (χ4v) is 5.01. The summed E-state index contributed by atoms with van der Waals surface area (Å²) in [5, 5.41) is 15.0. The zero-order valence-electron chi connectivity index (χ0n) is 22.8. The van der Waals surface area contributed by atoms with Gasteiger partial charge in [-0.15, -0.1) is 10.2 Å². The van der Waals surface area contributed by atoms with Crippen LogP contribution in [0.15, 0.2) is 78.9 Å². The Balaban J connectivity index is 1.46. The Bertz CT molecular complexity index is 1560. The van der Waals surface area contributed by atoms with Crippen LogP contribution in [0.4, 0.5) is 0 Å². The summed E-state index contributed by atoms with van der Waals surface area (Å²) in [4.78, 5) is 21.1. The summed E-state index contributed by atoms with van der Waals surface area (Å²) >= 11 is 6.60. The molecule has 0 saturated carbocycles. The Morgan fingerprint density at radius 1 is 0.976 bits per heavy atom. The lowest BCUT2D eigenvalue weighted by Gasteiger charge is -2.21. The number of hydrogen-bond acceptors (Lipinski definition) is 7. The van der Waals surface area contributed by atoms with Gasteiger partial charge in [0.1, 0.15) is 18.0 Å². The SMILES string of the molecule is CCCCc1nc(Cl)c([C@@H](Cc2ccc(-c3ccccc3)c(-c3nn[nH]n3)c2)OC(=O)[C@H](N)Cc2ccccc2)[nH]1. The second-order valence-corrected chi connectivity index (χ2v) is 10.3. The van der Waals surface area contributed by atoms with Crippen LogP contribution in [0.5, 0.6) is 0 Å². The number of aromatic amines is 2. The number of aromatic nitrogens is 6. The van der Waals surface area contributed by atoms with Crippen molar-refractivity contribution in [1.82, 2.24) is 30.6 Å². The first-order valence-electron chi connectivity index (χ1n) is 13.7. The molecule has 0 amide bonds. The smallest absolute Gasteiger partial charge is 0.323 e. The molecule has 2 atom stereocenters. The van der Waals surface area contributed by atoms with Crippen molar-refractivity contribution in [3.63, 3.8) is 0 Å². The molecule has 0 aliphatic heterocycles. The third-order valence-corrected chi connectivity index (χ3v) is 7.15. The molecule has 2 aromatic heterocycles. The number of imidazole rings is 1. The first-order valence-corrected chi connectivity index (χ1v) is 14.1. The van der Waals surface area contributed by atoms with E-state index in [1.54, 1.807) is 0 Å². The summed E-state index contributed by atoms with van der Waals surface area (Å²) in [6.07, 6.45) is 2.69. The van der Waals surface area contributed by atoms with E-state index in [-0.39, 0.29) is 5.15 Å². The molecular weight excluding hydrogens is 538 g/mol. The zero-order chi connectivity index (χ0) is 28.6. The minimum absolute atomic E-state index is 0.282. The summed E-state index contributed by atoms with van der Waals surface area (Å²) in [6.45, 7) is 2.12. The van der Waals surface area contributed by atoms with Gasteiger partial charge in [0.05, 0.1) is 5.69 Å². The number of carbonyl (C=O) groups excluding carboxylic acids is 1. The van der Waals surface area contributed by atoms with Crippen molar-refractivity contribution in [3.05, 3.63) is 107 Å². The maximum absolute atomic E-state index is 13.2. The van der Waals surface area contributed by atoms with Gasteiger partial charge in [-0.25, -0.2) is 4.98 Å². The van der Waals surface area contributed by atoms with E-state index in [0.29, 0.717) is 24.4 Å². The van der Waals surface area contributed by atoms with Crippen molar-refractivity contribution in [1.29, 1.82) is 0 Å². The van der Waals surface area contributed by atoms with E-state index < -0.39 is 18.1 Å². The summed E-state index contributed by atoms with van der Waals surface area (Å²) in [6, 6.07) is 24.8. The molecule has 0 unspecified atom stereocenters. The van der Waals surface area contributed by atoms with E-state index >= 15 is 0 Å². The van der Waals surface area contributed by atoms with Gasteiger partial charge in [0.25, 0.3) is 0 Å². The normalized spacial score (nSPS) is 12.7. The molecule has 3 aromatic carbocycles. The number of nitrogens with zero attached hydrogens (tertiary/aromatic N) is 4. The molecule has 0 aliphatic rings. The lowest BCUT2D eigenvalue weighted by Crippen LogP contribution is -2.35. The van der Waals surface area contributed by atoms with Gasteiger partial charge in [0, 0.05) is 18.4 Å². The minimum Gasteiger partial charge on any atom is -0.454 e. The number of tetrazole rings is 1. The van der Waals surface area contributed by atoms with E-state index in [4.69, 9.17) is 22.1 Å². The van der Waals surface area contributed by atoms with Crippen LogP contribution in [-0.4, -0.2) is 42.6 Å². The molecule has 210 valence electrons. The van der Waals surface area contributed by atoms with E-state index in [0.717, 1.165) is 52.9 Å². The van der Waals surface area contributed by atoms with E-state index in [9.17, 15) is 4.79 Å². The standard InChI is InChI=1S/C31H32ClN7O2/c1-2-3-14-27-34-28(29(32)35-27)26(41-31(40)25(33)18-20-10-6-4-7-11-20)19-21-15-16-23(22-12-8-5-9-13-22)24(17-21)30-36-38-39-37-30/h4-13,15-17,25-26H,2-3,14,18-19,33H2,1H3,(H,34,35)(H,36,37,38,39)/t25-,26-/m1/s1. The average Bonchev–Trinajstić information content (AvgIpc) is 3.67. The van der Waals surface area contributed by atoms with Crippen LogP contribution >= 0.6 is 11.6 Å². The highest BCUT2D eigenvalue weighted by Gasteiger charge is 2.27. The van der Waals surface area contributed by atoms with Gasteiger partial charge in [-0.05, 0) is 46.4 Å². The Hall–Kier alpha value is -4.34. The zero-order valence-corrected chi connectivity index (χ0v) is 23.5. The molecule has 10 heteroatoms. The van der Waals surface area contributed by atoms with Crippen LogP contribution in [0, 0.1) is 0 Å². The number of hydrogen-bond donors (Lipinski definition) is 3. The third kappa shape index (κ3) is 7.06. The van der Waals surface area contributed by atoms with Crippen molar-refractivity contribution in [2.75, 3.05) is 0 Å². The lowest BCUT2D eigenvalue weighted by atomic mass is 9.95. The molecule has 41 heavy (non-hydrogen) atoms. The molecule has 4 N–H and O–H groups in total. The predicted molar refractivity (Wildman–Crippen MR) is 158 cm³/mol. The Morgan fingerprint density at radius 3 is 2.44 bits per heavy atom. The van der Waals surface area contributed by atoms with Crippen molar-refractivity contribution < 1.29 is 9.53 Å². The van der Waals surface area contributed by atoms with Gasteiger partial charge in [-0.3, -0.25) is 4.79 Å². The number of H-pyrrole nitrogens is 2. The Kier molecular flexibility index (Phi) is 9.18. The monoisotopic (exact) mass is 569 g/mol. The number of carbonyl (C=O) groups is 1. The molecule has 2 heterocycles. The molecule has 0 radical (unpaired) electrons. The van der Waals surface area contributed by atoms with Crippen LogP contribution in [0.3, 0.4) is 0 Å². The topological polar surface area (TPSA) is 135 Å². The lowest BCUT2D eigenvalue weighted by molar-refractivity contribution is -0.151. The molecule has 5 rings (SSSR count). The number of ether oxygens (including phenoxy) is 1. The fourth-order valence-electron chi connectivity index (χ4n) is 4.73. The van der Waals surface area contributed by atoms with Gasteiger partial charge >= 0.3 is 5.97 Å². The van der Waals surface area contributed by atoms with E-state index in [1.807, 2.05) is 78.9 Å². The highest BCUT2D eigenvalue weighted by atomic mass is 35.5. The number of esters is 1. The molecule has 0 saturated heterocycles. The van der Waals surface area contributed by atoms with Crippen molar-refractivity contribution in [3.8, 4) is 22.5 Å². The summed E-state index contributed by atoms with van der Waals surface area (Å²) in [5.74, 6) is 0.706. The number of benzene rings is 3. The van der Waals surface area contributed by atoms with Gasteiger partial charge in [0.15, 0.2) is 5.15 Å². The fraction of sp³-hybridized carbons (Fsp3) is 0.258. The number of halogens is 1. The van der Waals surface area contributed by atoms with Gasteiger partial charge < -0.3 is 15.5 Å². The molecule has 0 bridgehead atoms. The molecule has 0 spiro atoms. The van der Waals surface area contributed by atoms with Crippen molar-refractivity contribution in [2.45, 2.75) is 51.2 Å². The van der Waals surface area contributed by atoms with Crippen LogP contribution in [-0.2, 0) is 28.8 Å². The maximum Gasteiger partial charge on any atom is 0.323 e. The highest BCUT2D eigenvalue weighted by Crippen LogP contribution is 2.34. The Morgan fingerprint density at radius 2 is 1.73 bits per heavy atom. The van der Waals surface area contributed by atoms with Gasteiger partial charge in [0.2, 0.25) is 5.82 Å². The molecular formula is C31H32ClN7O2. The minimum atomic E-state index is -0.837. The molecule has 0 fully saturated rings. The first kappa shape index (κ1) is 28.2. The van der Waals surface area contributed by atoms with E-state index in [1.165, 1.54) is 0 Å². The van der Waals surface area contributed by atoms with Crippen molar-refractivity contribution >= 4 is 17.6 Å². The van der Waals surface area contributed by atoms with Crippen LogP contribution in [0.2, 0.25) is 5.15 Å². The number of nitrogens with two attached hydrogens (primary N) is 1. The largest absolute Gasteiger partial charge is 0.454 e. The van der Waals surface area contributed by atoms with Crippen LogP contribution in [0.25, 0.3) is 22.5 Å². The predicted octanol–water partition coefficient (Wildman–Crippen LogP) is 5.65. The van der Waals surface area contributed by atoms with Gasteiger partial charge in [-0.1, -0.05) is 97.7 Å². The second kappa shape index (κ2) is 13.3. The summed E-state index contributed by atoms with van der Waals surface area (Å²) in [5.41, 5.74) is 11.5. The summed E-state index contributed by atoms with van der Waals surface area (Å²) < 4.78 is 6.05. The maximum atomic E-state index is 13.2. The average molecular weight is 570 g/mol. The quantitative estimate of drug-likeness (QED) is 0.165. The highest BCUT2D eigenvalue weighted by molar-refractivity contribution is 6.30. The number of aryl methyl sites for hydroxylation is 1. The molecule has 0 aliphatic carbocycles. The molecule has 9 nitrogen and oxygen atoms in total. The third-order valence-electron chi connectivity index (χ3n) is 6.86. The number of rotatable bonds is 12. The van der Waals surface area contributed by atoms with E-state index in [2.05, 4.69) is 37.5 Å². The van der Waals surface area contributed by atoms with Crippen LogP contribution < -0.4 is 5.73 Å². The molecule has 5 aromatic rings. The van der Waals surface area contributed by atoms with Crippen LogP contribution in [0.1, 0.15) is 48.5 Å². The number of nitrogens with one attached hydrogen (secondary N) is 2. The second-order valence-electron chi connectivity index (χ2n) is 9.90. The summed E-state index contributed by atoms with van der Waals surface area (Å²) in [7, 11) is 0. The first-order chi connectivity index (χ1) is 20.0. The Labute approximate surface area is 243 Å². The van der Waals surface area contributed by atoms with Crippen molar-refractivity contribution in [2.24, 2.45) is 5.73 Å². The number of unbranched alkanes of at least 4 members (excludes halogenated alkanes) is 1. The van der Waals surface area contributed by atoms with Gasteiger partial charge in [-0.2, -0.15) is 5.21 Å².